The van der Waals surface area contributed by atoms with E-state index in [1.54, 1.807) is 0 Å². The molecule has 0 aliphatic carbocycles. The second kappa shape index (κ2) is 8.46. The summed E-state index contributed by atoms with van der Waals surface area (Å²) < 4.78 is 2.22. The van der Waals surface area contributed by atoms with Gasteiger partial charge in [-0.15, -0.1) is 0 Å². The smallest absolute Gasteiger partial charge is 0.307 e. The number of amides is 1. The molecular formula is C25H29N3O3. The lowest BCUT2D eigenvalue weighted by Crippen LogP contribution is -2.43. The standard InChI is InChI=1S/C25H29N3O3/c1-26(2)18-10-8-17(9-11-18)14-24(29)27(3)19-12-13-23-21(15-25(30)31)20-6-4-5-7-22(20)28(23)16-19/h4-11,19H,12-16H2,1-3H3,(H,30,31). The van der Waals surface area contributed by atoms with Gasteiger partial charge in [-0.1, -0.05) is 30.3 Å². The van der Waals surface area contributed by atoms with Crippen LogP contribution in [0.3, 0.4) is 0 Å². The number of hydrogen-bond donors (Lipinski definition) is 1. The number of anilines is 1. The van der Waals surface area contributed by atoms with Gasteiger partial charge >= 0.3 is 5.97 Å². The van der Waals surface area contributed by atoms with Crippen LogP contribution >= 0.6 is 0 Å². The van der Waals surface area contributed by atoms with E-state index in [2.05, 4.69) is 4.57 Å². The molecule has 6 heteroatoms. The number of aromatic nitrogens is 1. The minimum Gasteiger partial charge on any atom is -0.481 e. The van der Waals surface area contributed by atoms with Gasteiger partial charge in [0.25, 0.3) is 0 Å². The first-order chi connectivity index (χ1) is 14.8. The van der Waals surface area contributed by atoms with Crippen LogP contribution in [-0.4, -0.2) is 53.6 Å². The summed E-state index contributed by atoms with van der Waals surface area (Å²) in [4.78, 5) is 28.3. The maximum absolute atomic E-state index is 13.0. The zero-order valence-electron chi connectivity index (χ0n) is 18.3. The molecule has 1 atom stereocenters. The molecule has 6 nitrogen and oxygen atoms in total. The van der Waals surface area contributed by atoms with E-state index >= 15 is 0 Å². The first-order valence-electron chi connectivity index (χ1n) is 10.7. The van der Waals surface area contributed by atoms with Crippen molar-refractivity contribution in [3.05, 3.63) is 65.4 Å². The van der Waals surface area contributed by atoms with Crippen LogP contribution in [0.25, 0.3) is 10.9 Å². The Morgan fingerprint density at radius 3 is 2.42 bits per heavy atom. The van der Waals surface area contributed by atoms with Gasteiger partial charge < -0.3 is 19.5 Å². The zero-order chi connectivity index (χ0) is 22.1. The van der Waals surface area contributed by atoms with E-state index in [9.17, 15) is 14.7 Å². The van der Waals surface area contributed by atoms with Gasteiger partial charge in [0.05, 0.1) is 12.8 Å². The lowest BCUT2D eigenvalue weighted by atomic mass is 9.99. The van der Waals surface area contributed by atoms with Crippen LogP contribution in [0.2, 0.25) is 0 Å². The molecule has 162 valence electrons. The van der Waals surface area contributed by atoms with Crippen molar-refractivity contribution < 1.29 is 14.7 Å². The molecule has 2 aromatic carbocycles. The summed E-state index contributed by atoms with van der Waals surface area (Å²) in [5.41, 5.74) is 5.19. The van der Waals surface area contributed by atoms with Crippen molar-refractivity contribution >= 4 is 28.5 Å². The SMILES string of the molecule is CN(C)c1ccc(CC(=O)N(C)C2CCc3c(CC(=O)O)c4ccccc4n3C2)cc1. The second-order valence-corrected chi connectivity index (χ2v) is 8.56. The number of carboxylic acid groups (broad SMARTS) is 1. The molecule has 0 spiro atoms. The van der Waals surface area contributed by atoms with Crippen molar-refractivity contribution in [2.75, 3.05) is 26.0 Å². The highest BCUT2D eigenvalue weighted by molar-refractivity contribution is 5.89. The van der Waals surface area contributed by atoms with Gasteiger partial charge in [0.1, 0.15) is 0 Å². The number of carbonyl (C=O) groups is 2. The molecule has 1 aliphatic rings. The van der Waals surface area contributed by atoms with Gasteiger partial charge in [0, 0.05) is 56.0 Å². The van der Waals surface area contributed by atoms with E-state index < -0.39 is 5.97 Å². The molecule has 1 unspecified atom stereocenters. The van der Waals surface area contributed by atoms with Crippen LogP contribution in [0.4, 0.5) is 5.69 Å². The van der Waals surface area contributed by atoms with Gasteiger partial charge in [0.2, 0.25) is 5.91 Å². The van der Waals surface area contributed by atoms with Gasteiger partial charge in [-0.2, -0.15) is 0 Å². The number of likely N-dealkylation sites (N-methyl/N-ethyl adjacent to an activating group) is 1. The van der Waals surface area contributed by atoms with E-state index in [4.69, 9.17) is 0 Å². The van der Waals surface area contributed by atoms with Gasteiger partial charge in [-0.05, 0) is 42.2 Å². The molecule has 4 rings (SSSR count). The van der Waals surface area contributed by atoms with Crippen molar-refractivity contribution in [2.24, 2.45) is 0 Å². The highest BCUT2D eigenvalue weighted by Crippen LogP contribution is 2.32. The average molecular weight is 420 g/mol. The third-order valence-electron chi connectivity index (χ3n) is 6.38. The summed E-state index contributed by atoms with van der Waals surface area (Å²) in [6, 6.07) is 16.2. The van der Waals surface area contributed by atoms with E-state index in [0.29, 0.717) is 13.0 Å². The fourth-order valence-electron chi connectivity index (χ4n) is 4.61. The zero-order valence-corrected chi connectivity index (χ0v) is 18.3. The highest BCUT2D eigenvalue weighted by atomic mass is 16.4. The molecule has 0 saturated carbocycles. The molecule has 0 bridgehead atoms. The molecule has 0 radical (unpaired) electrons. The van der Waals surface area contributed by atoms with E-state index in [-0.39, 0.29) is 18.4 Å². The number of hydrogen-bond acceptors (Lipinski definition) is 3. The number of para-hydroxylation sites is 1. The number of rotatable bonds is 6. The lowest BCUT2D eigenvalue weighted by molar-refractivity contribution is -0.136. The Morgan fingerprint density at radius 2 is 1.74 bits per heavy atom. The van der Waals surface area contributed by atoms with Crippen molar-refractivity contribution in [3.63, 3.8) is 0 Å². The third kappa shape index (κ3) is 4.15. The minimum atomic E-state index is -0.811. The Balaban J connectivity index is 1.53. The normalized spacial score (nSPS) is 15.5. The van der Waals surface area contributed by atoms with Crippen LogP contribution in [0.15, 0.2) is 48.5 Å². The van der Waals surface area contributed by atoms with Crippen molar-refractivity contribution in [1.29, 1.82) is 0 Å². The number of fused-ring (bicyclic) bond motifs is 3. The molecule has 3 aromatic rings. The Morgan fingerprint density at radius 1 is 1.03 bits per heavy atom. The number of carbonyl (C=O) groups excluding carboxylic acids is 1. The predicted molar refractivity (Wildman–Crippen MR) is 123 cm³/mol. The van der Waals surface area contributed by atoms with Gasteiger partial charge in [-0.25, -0.2) is 0 Å². The molecule has 1 aliphatic heterocycles. The fraction of sp³-hybridized carbons (Fsp3) is 0.360. The largest absolute Gasteiger partial charge is 0.481 e. The van der Waals surface area contributed by atoms with Gasteiger partial charge in [-0.3, -0.25) is 9.59 Å². The Bertz CT molecular complexity index is 1110. The quantitative estimate of drug-likeness (QED) is 0.666. The molecular weight excluding hydrogens is 390 g/mol. The van der Waals surface area contributed by atoms with E-state index in [1.165, 1.54) is 0 Å². The maximum atomic E-state index is 13.0. The summed E-state index contributed by atoms with van der Waals surface area (Å²) in [6.45, 7) is 0.692. The van der Waals surface area contributed by atoms with E-state index in [1.807, 2.05) is 79.5 Å². The molecule has 1 amide bonds. The van der Waals surface area contributed by atoms with E-state index in [0.717, 1.165) is 46.3 Å². The Kier molecular flexibility index (Phi) is 5.72. The minimum absolute atomic E-state index is 0.0330. The molecule has 2 heterocycles. The topological polar surface area (TPSA) is 65.8 Å². The predicted octanol–water partition coefficient (Wildman–Crippen LogP) is 3.35. The van der Waals surface area contributed by atoms with Crippen molar-refractivity contribution in [2.45, 2.75) is 38.3 Å². The summed E-state index contributed by atoms with van der Waals surface area (Å²) in [5, 5.41) is 10.4. The summed E-state index contributed by atoms with van der Waals surface area (Å²) in [6.07, 6.45) is 2.03. The van der Waals surface area contributed by atoms with Crippen molar-refractivity contribution in [1.82, 2.24) is 9.47 Å². The highest BCUT2D eigenvalue weighted by Gasteiger charge is 2.29. The van der Waals surface area contributed by atoms with Gasteiger partial charge in [0.15, 0.2) is 0 Å². The van der Waals surface area contributed by atoms with Crippen LogP contribution < -0.4 is 4.90 Å². The average Bonchev–Trinajstić information content (AvgIpc) is 3.06. The first-order valence-corrected chi connectivity index (χ1v) is 10.7. The number of benzene rings is 2. The van der Waals surface area contributed by atoms with Crippen LogP contribution in [0.5, 0.6) is 0 Å². The third-order valence-corrected chi connectivity index (χ3v) is 6.38. The number of nitrogens with zero attached hydrogens (tertiary/aromatic N) is 3. The van der Waals surface area contributed by atoms with Crippen LogP contribution in [0, 0.1) is 0 Å². The number of carboxylic acids is 1. The molecule has 31 heavy (non-hydrogen) atoms. The first kappa shape index (κ1) is 21.0. The Hall–Kier alpha value is -3.28. The van der Waals surface area contributed by atoms with Crippen LogP contribution in [0.1, 0.15) is 23.2 Å². The fourth-order valence-corrected chi connectivity index (χ4v) is 4.61. The molecule has 1 aromatic heterocycles. The Labute approximate surface area is 182 Å². The monoisotopic (exact) mass is 419 g/mol. The summed E-state index contributed by atoms with van der Waals surface area (Å²) in [7, 11) is 5.88. The second-order valence-electron chi connectivity index (χ2n) is 8.56. The van der Waals surface area contributed by atoms with Crippen molar-refractivity contribution in [3.8, 4) is 0 Å². The lowest BCUT2D eigenvalue weighted by Gasteiger charge is -2.33. The summed E-state index contributed by atoms with van der Waals surface area (Å²) in [5.74, 6) is -0.706. The maximum Gasteiger partial charge on any atom is 0.307 e. The van der Waals surface area contributed by atoms with Crippen LogP contribution in [-0.2, 0) is 35.4 Å². The number of aliphatic carboxylic acids is 1. The molecule has 1 N–H and O–H groups in total. The summed E-state index contributed by atoms with van der Waals surface area (Å²) >= 11 is 0. The molecule has 0 saturated heterocycles. The molecule has 0 fully saturated rings.